The number of benzene rings is 1. The molecule has 18 heavy (non-hydrogen) atoms. The van der Waals surface area contributed by atoms with Crippen LogP contribution in [0.3, 0.4) is 0 Å². The van der Waals surface area contributed by atoms with Gasteiger partial charge in [-0.3, -0.25) is 0 Å². The summed E-state index contributed by atoms with van der Waals surface area (Å²) >= 11 is 1.89. The molecule has 1 aliphatic carbocycles. The smallest absolute Gasteiger partial charge is 0.115 e. The zero-order valence-electron chi connectivity index (χ0n) is 10.6. The van der Waals surface area contributed by atoms with Crippen molar-refractivity contribution < 1.29 is 0 Å². The van der Waals surface area contributed by atoms with Crippen molar-refractivity contribution in [3.05, 3.63) is 51.5 Å². The minimum atomic E-state index is 0.238. The van der Waals surface area contributed by atoms with Crippen LogP contribution in [0.25, 0.3) is 0 Å². The van der Waals surface area contributed by atoms with Crippen LogP contribution < -0.4 is 5.32 Å². The number of hydrogen-bond donors (Lipinski definition) is 1. The van der Waals surface area contributed by atoms with Crippen LogP contribution in [-0.4, -0.2) is 12.0 Å². The number of nitrogens with zero attached hydrogens (tertiary/aromatic N) is 1. The monoisotopic (exact) mass is 258 g/mol. The minimum Gasteiger partial charge on any atom is -0.307 e. The van der Waals surface area contributed by atoms with Gasteiger partial charge in [0.2, 0.25) is 0 Å². The van der Waals surface area contributed by atoms with Crippen molar-refractivity contribution in [3.63, 3.8) is 0 Å². The van der Waals surface area contributed by atoms with E-state index in [4.69, 9.17) is 4.98 Å². The van der Waals surface area contributed by atoms with E-state index in [9.17, 15) is 0 Å². The van der Waals surface area contributed by atoms with Crippen LogP contribution in [0.15, 0.2) is 30.3 Å². The van der Waals surface area contributed by atoms with Crippen molar-refractivity contribution in [2.45, 2.75) is 31.7 Å². The summed E-state index contributed by atoms with van der Waals surface area (Å²) < 4.78 is 0. The number of rotatable bonds is 3. The van der Waals surface area contributed by atoms with E-state index in [2.05, 4.69) is 35.6 Å². The van der Waals surface area contributed by atoms with Crippen LogP contribution in [0.2, 0.25) is 0 Å². The number of fused-ring (bicyclic) bond motifs is 1. The molecule has 0 bridgehead atoms. The van der Waals surface area contributed by atoms with Crippen molar-refractivity contribution in [1.29, 1.82) is 0 Å². The molecule has 94 valence electrons. The molecular weight excluding hydrogens is 240 g/mol. The first-order valence-corrected chi connectivity index (χ1v) is 7.41. The van der Waals surface area contributed by atoms with Crippen molar-refractivity contribution in [3.8, 4) is 0 Å². The lowest BCUT2D eigenvalue weighted by Gasteiger charge is -2.13. The summed E-state index contributed by atoms with van der Waals surface area (Å²) in [5, 5.41) is 4.61. The molecule has 1 heterocycles. The van der Waals surface area contributed by atoms with Crippen LogP contribution in [0.4, 0.5) is 0 Å². The Hall–Kier alpha value is -1.19. The molecular formula is C15H18N2S. The zero-order valence-corrected chi connectivity index (χ0v) is 11.5. The van der Waals surface area contributed by atoms with Gasteiger partial charge in [0.15, 0.2) is 0 Å². The van der Waals surface area contributed by atoms with E-state index in [0.29, 0.717) is 0 Å². The fourth-order valence-corrected chi connectivity index (χ4v) is 3.87. The zero-order chi connectivity index (χ0) is 12.4. The van der Waals surface area contributed by atoms with Crippen LogP contribution in [-0.2, 0) is 12.8 Å². The Morgan fingerprint density at radius 2 is 1.94 bits per heavy atom. The molecule has 1 aromatic heterocycles. The van der Waals surface area contributed by atoms with Gasteiger partial charge in [-0.05, 0) is 38.3 Å². The summed E-state index contributed by atoms with van der Waals surface area (Å²) in [7, 11) is 2.01. The van der Waals surface area contributed by atoms with Crippen molar-refractivity contribution >= 4 is 11.3 Å². The summed E-state index contributed by atoms with van der Waals surface area (Å²) in [4.78, 5) is 6.36. The Morgan fingerprint density at radius 1 is 1.17 bits per heavy atom. The van der Waals surface area contributed by atoms with E-state index in [1.165, 1.54) is 40.4 Å². The lowest BCUT2D eigenvalue weighted by atomic mass is 10.0. The summed E-state index contributed by atoms with van der Waals surface area (Å²) in [6, 6.07) is 10.8. The lowest BCUT2D eigenvalue weighted by molar-refractivity contribution is 0.661. The molecule has 0 saturated heterocycles. The maximum atomic E-state index is 4.85. The third-order valence-corrected chi connectivity index (χ3v) is 4.75. The summed E-state index contributed by atoms with van der Waals surface area (Å²) in [5.74, 6) is 0. The van der Waals surface area contributed by atoms with Gasteiger partial charge in [0.25, 0.3) is 0 Å². The Balaban J connectivity index is 1.94. The predicted octanol–water partition coefficient (Wildman–Crippen LogP) is 3.33. The molecule has 3 heteroatoms. The van der Waals surface area contributed by atoms with Crippen LogP contribution >= 0.6 is 11.3 Å². The molecule has 1 N–H and O–H groups in total. The predicted molar refractivity (Wildman–Crippen MR) is 76.1 cm³/mol. The van der Waals surface area contributed by atoms with Crippen LogP contribution in [0.5, 0.6) is 0 Å². The number of aromatic nitrogens is 1. The molecule has 0 radical (unpaired) electrons. The second-order valence-electron chi connectivity index (χ2n) is 4.76. The third-order valence-electron chi connectivity index (χ3n) is 3.53. The fourth-order valence-electron chi connectivity index (χ4n) is 2.57. The molecule has 2 nitrogen and oxygen atoms in total. The first-order chi connectivity index (χ1) is 8.88. The second-order valence-corrected chi connectivity index (χ2v) is 5.88. The Kier molecular flexibility index (Phi) is 3.43. The molecule has 1 aromatic carbocycles. The van der Waals surface area contributed by atoms with E-state index in [-0.39, 0.29) is 6.04 Å². The van der Waals surface area contributed by atoms with Gasteiger partial charge in [-0.2, -0.15) is 0 Å². The topological polar surface area (TPSA) is 24.9 Å². The Morgan fingerprint density at radius 3 is 2.67 bits per heavy atom. The van der Waals surface area contributed by atoms with E-state index in [1.54, 1.807) is 0 Å². The average molecular weight is 258 g/mol. The number of nitrogens with one attached hydrogen (secondary N) is 1. The van der Waals surface area contributed by atoms with Gasteiger partial charge in [0.1, 0.15) is 5.01 Å². The highest BCUT2D eigenvalue weighted by molar-refractivity contribution is 7.11. The van der Waals surface area contributed by atoms with Gasteiger partial charge in [0.05, 0.1) is 11.7 Å². The van der Waals surface area contributed by atoms with Crippen molar-refractivity contribution in [2.24, 2.45) is 0 Å². The van der Waals surface area contributed by atoms with Crippen molar-refractivity contribution in [2.75, 3.05) is 7.05 Å². The fraction of sp³-hybridized carbons (Fsp3) is 0.400. The van der Waals surface area contributed by atoms with E-state index < -0.39 is 0 Å². The first-order valence-electron chi connectivity index (χ1n) is 6.59. The van der Waals surface area contributed by atoms with Gasteiger partial charge >= 0.3 is 0 Å². The van der Waals surface area contributed by atoms with Crippen LogP contribution in [0.1, 0.15) is 40.0 Å². The SMILES string of the molecule is CNC(c1ccccc1)c1nc2c(s1)CCCC2. The summed E-state index contributed by atoms with van der Waals surface area (Å²) in [5.41, 5.74) is 2.64. The number of thiazole rings is 1. The normalized spacial score (nSPS) is 16.3. The summed E-state index contributed by atoms with van der Waals surface area (Å²) in [6.45, 7) is 0. The van der Waals surface area contributed by atoms with E-state index in [0.717, 1.165) is 6.42 Å². The van der Waals surface area contributed by atoms with Gasteiger partial charge in [-0.1, -0.05) is 30.3 Å². The molecule has 0 aliphatic heterocycles. The number of hydrogen-bond acceptors (Lipinski definition) is 3. The van der Waals surface area contributed by atoms with E-state index in [1.807, 2.05) is 18.4 Å². The summed E-state index contributed by atoms with van der Waals surface area (Å²) in [6.07, 6.45) is 5.01. The third kappa shape index (κ3) is 2.20. The average Bonchev–Trinajstić information content (AvgIpc) is 2.84. The highest BCUT2D eigenvalue weighted by Gasteiger charge is 2.20. The minimum absolute atomic E-state index is 0.238. The molecule has 0 saturated carbocycles. The van der Waals surface area contributed by atoms with E-state index >= 15 is 0 Å². The molecule has 0 fully saturated rings. The maximum Gasteiger partial charge on any atom is 0.115 e. The molecule has 3 rings (SSSR count). The van der Waals surface area contributed by atoms with Gasteiger partial charge in [0, 0.05) is 4.88 Å². The molecule has 0 spiro atoms. The highest BCUT2D eigenvalue weighted by Crippen LogP contribution is 2.32. The molecule has 1 unspecified atom stereocenters. The Labute approximate surface area is 112 Å². The van der Waals surface area contributed by atoms with Gasteiger partial charge < -0.3 is 5.32 Å². The molecule has 1 atom stereocenters. The first kappa shape index (κ1) is 11.9. The maximum absolute atomic E-state index is 4.85. The van der Waals surface area contributed by atoms with Crippen LogP contribution in [0, 0.1) is 0 Å². The molecule has 2 aromatic rings. The standard InChI is InChI=1S/C15H18N2S/c1-16-14(11-7-3-2-4-8-11)15-17-12-9-5-6-10-13(12)18-15/h2-4,7-8,14,16H,5-6,9-10H2,1H3. The number of aryl methyl sites for hydroxylation is 2. The van der Waals surface area contributed by atoms with Gasteiger partial charge in [-0.25, -0.2) is 4.98 Å². The second kappa shape index (κ2) is 5.21. The Bertz CT molecular complexity index is 495. The largest absolute Gasteiger partial charge is 0.307 e. The quantitative estimate of drug-likeness (QED) is 0.913. The molecule has 0 amide bonds. The molecule has 1 aliphatic rings. The van der Waals surface area contributed by atoms with Crippen molar-refractivity contribution in [1.82, 2.24) is 10.3 Å². The highest BCUT2D eigenvalue weighted by atomic mass is 32.1. The lowest BCUT2D eigenvalue weighted by Crippen LogP contribution is -2.17. The van der Waals surface area contributed by atoms with Gasteiger partial charge in [-0.15, -0.1) is 11.3 Å².